The molecular weight excluding hydrogens is 409 g/mol. The van der Waals surface area contributed by atoms with Crippen LogP contribution in [0.25, 0.3) is 6.08 Å². The van der Waals surface area contributed by atoms with Gasteiger partial charge in [0, 0.05) is 11.3 Å². The Morgan fingerprint density at radius 3 is 2.41 bits per heavy atom. The second-order valence-corrected chi connectivity index (χ2v) is 6.84. The largest absolute Gasteiger partial charge is 0.483 e. The van der Waals surface area contributed by atoms with E-state index in [-0.39, 0.29) is 17.9 Å². The van der Waals surface area contributed by atoms with Crippen LogP contribution in [0.2, 0.25) is 0 Å². The molecule has 160 valence electrons. The molecule has 0 aliphatic heterocycles. The summed E-state index contributed by atoms with van der Waals surface area (Å²) >= 11 is 0. The van der Waals surface area contributed by atoms with E-state index in [0.717, 1.165) is 5.56 Å². The average Bonchev–Trinajstić information content (AvgIpc) is 2.79. The van der Waals surface area contributed by atoms with E-state index >= 15 is 0 Å². The summed E-state index contributed by atoms with van der Waals surface area (Å²) < 4.78 is 19.2. The van der Waals surface area contributed by atoms with Gasteiger partial charge in [0.2, 0.25) is 0 Å². The zero-order valence-corrected chi connectivity index (χ0v) is 17.3. The molecule has 0 fully saturated rings. The maximum atomic E-state index is 13.7. The molecule has 32 heavy (non-hydrogen) atoms. The van der Waals surface area contributed by atoms with Crippen LogP contribution in [0, 0.1) is 24.1 Å². The van der Waals surface area contributed by atoms with E-state index in [4.69, 9.17) is 4.74 Å². The molecule has 0 aliphatic carbocycles. The Morgan fingerprint density at radius 1 is 1.00 bits per heavy atom. The van der Waals surface area contributed by atoms with Crippen molar-refractivity contribution < 1.29 is 18.7 Å². The fraction of sp³-hybridized carbons (Fsp3) is 0.0800. The number of halogens is 1. The summed E-state index contributed by atoms with van der Waals surface area (Å²) in [6.45, 7) is 1.55. The molecule has 2 amide bonds. The van der Waals surface area contributed by atoms with Crippen molar-refractivity contribution in [2.24, 2.45) is 0 Å². The molecule has 7 heteroatoms. The predicted octanol–water partition coefficient (Wildman–Crippen LogP) is 4.70. The van der Waals surface area contributed by atoms with E-state index in [9.17, 15) is 19.2 Å². The topological polar surface area (TPSA) is 91.2 Å². The zero-order chi connectivity index (χ0) is 22.9. The van der Waals surface area contributed by atoms with Crippen molar-refractivity contribution in [3.63, 3.8) is 0 Å². The molecule has 0 aromatic heterocycles. The second kappa shape index (κ2) is 10.5. The number of carbonyl (C=O) groups is 2. The van der Waals surface area contributed by atoms with Gasteiger partial charge < -0.3 is 15.4 Å². The average molecular weight is 429 g/mol. The number of nitrogens with zero attached hydrogens (tertiary/aromatic N) is 1. The summed E-state index contributed by atoms with van der Waals surface area (Å²) in [4.78, 5) is 24.6. The lowest BCUT2D eigenvalue weighted by Crippen LogP contribution is -2.21. The van der Waals surface area contributed by atoms with Crippen molar-refractivity contribution >= 4 is 29.3 Å². The van der Waals surface area contributed by atoms with Crippen LogP contribution in [0.3, 0.4) is 0 Å². The van der Waals surface area contributed by atoms with E-state index in [1.807, 2.05) is 25.1 Å². The number of hydrogen-bond donors (Lipinski definition) is 2. The number of carbonyl (C=O) groups excluding carboxylic acids is 2. The lowest BCUT2D eigenvalue weighted by molar-refractivity contribution is -0.118. The highest BCUT2D eigenvalue weighted by Crippen LogP contribution is 2.22. The highest BCUT2D eigenvalue weighted by atomic mass is 19.1. The molecule has 2 N–H and O–H groups in total. The molecule has 0 radical (unpaired) electrons. The first-order chi connectivity index (χ1) is 15.5. The lowest BCUT2D eigenvalue weighted by atomic mass is 10.1. The zero-order valence-electron chi connectivity index (χ0n) is 17.3. The summed E-state index contributed by atoms with van der Waals surface area (Å²) in [6.07, 6.45) is 1.38. The number of amides is 2. The Balaban J connectivity index is 1.70. The fourth-order valence-corrected chi connectivity index (χ4v) is 2.76. The van der Waals surface area contributed by atoms with Crippen molar-refractivity contribution in [3.05, 3.63) is 95.3 Å². The third kappa shape index (κ3) is 6.03. The number of aryl methyl sites for hydroxylation is 1. The first-order valence-corrected chi connectivity index (χ1v) is 9.72. The van der Waals surface area contributed by atoms with Crippen LogP contribution in [0.15, 0.2) is 78.4 Å². The quantitative estimate of drug-likeness (QED) is 0.421. The summed E-state index contributed by atoms with van der Waals surface area (Å²) in [6, 6.07) is 21.5. The minimum atomic E-state index is -0.566. The minimum Gasteiger partial charge on any atom is -0.483 e. The summed E-state index contributed by atoms with van der Waals surface area (Å²) in [5.74, 6) is -1.37. The van der Waals surface area contributed by atoms with E-state index in [1.54, 1.807) is 42.5 Å². The molecule has 0 atom stereocenters. The van der Waals surface area contributed by atoms with Crippen molar-refractivity contribution in [1.82, 2.24) is 0 Å². The molecule has 0 unspecified atom stereocenters. The van der Waals surface area contributed by atoms with Gasteiger partial charge in [0.25, 0.3) is 11.8 Å². The van der Waals surface area contributed by atoms with Crippen LogP contribution >= 0.6 is 0 Å². The van der Waals surface area contributed by atoms with Crippen LogP contribution in [-0.4, -0.2) is 18.4 Å². The molecule has 0 spiro atoms. The van der Waals surface area contributed by atoms with Gasteiger partial charge in [0.05, 0.1) is 5.69 Å². The van der Waals surface area contributed by atoms with Gasteiger partial charge in [0.1, 0.15) is 23.2 Å². The Bertz CT molecular complexity index is 1200. The van der Waals surface area contributed by atoms with Gasteiger partial charge in [-0.25, -0.2) is 4.39 Å². The monoisotopic (exact) mass is 429 g/mol. The van der Waals surface area contributed by atoms with Crippen LogP contribution < -0.4 is 15.4 Å². The third-order valence-electron chi connectivity index (χ3n) is 4.40. The second-order valence-electron chi connectivity index (χ2n) is 6.84. The Labute approximate surface area is 185 Å². The smallest absolute Gasteiger partial charge is 0.266 e. The Kier molecular flexibility index (Phi) is 7.33. The van der Waals surface area contributed by atoms with E-state index < -0.39 is 17.6 Å². The number of rotatable bonds is 7. The maximum absolute atomic E-state index is 13.7. The first kappa shape index (κ1) is 22.2. The van der Waals surface area contributed by atoms with Gasteiger partial charge in [-0.2, -0.15) is 5.26 Å². The summed E-state index contributed by atoms with van der Waals surface area (Å²) in [5.41, 5.74) is 1.98. The minimum absolute atomic E-state index is 0.0498. The normalized spacial score (nSPS) is 10.7. The van der Waals surface area contributed by atoms with Gasteiger partial charge in [0.15, 0.2) is 6.61 Å². The summed E-state index contributed by atoms with van der Waals surface area (Å²) in [5, 5.41) is 14.6. The van der Waals surface area contributed by atoms with Crippen LogP contribution in [0.4, 0.5) is 15.8 Å². The fourth-order valence-electron chi connectivity index (χ4n) is 2.76. The number of nitrogens with one attached hydrogen (secondary N) is 2. The van der Waals surface area contributed by atoms with Gasteiger partial charge >= 0.3 is 0 Å². The third-order valence-corrected chi connectivity index (χ3v) is 4.40. The van der Waals surface area contributed by atoms with Gasteiger partial charge in [-0.1, -0.05) is 48.0 Å². The highest BCUT2D eigenvalue weighted by molar-refractivity contribution is 6.09. The molecule has 6 nitrogen and oxygen atoms in total. The molecule has 0 aliphatic rings. The number of hydrogen-bond acceptors (Lipinski definition) is 4. The molecule has 0 heterocycles. The predicted molar refractivity (Wildman–Crippen MR) is 120 cm³/mol. The molecular formula is C25H20FN3O3. The van der Waals surface area contributed by atoms with Gasteiger partial charge in [-0.05, 0) is 43.3 Å². The van der Waals surface area contributed by atoms with E-state index in [2.05, 4.69) is 10.6 Å². The number of para-hydroxylation sites is 2. The number of anilines is 2. The van der Waals surface area contributed by atoms with Gasteiger partial charge in [-0.3, -0.25) is 9.59 Å². The summed E-state index contributed by atoms with van der Waals surface area (Å²) in [7, 11) is 0. The Hall–Kier alpha value is -4.44. The highest BCUT2D eigenvalue weighted by Gasteiger charge is 2.13. The Morgan fingerprint density at radius 2 is 1.69 bits per heavy atom. The SMILES string of the molecule is Cc1ccc(NC(=O)/C(C#N)=C\c2ccccc2OCC(=O)Nc2ccccc2F)cc1. The maximum Gasteiger partial charge on any atom is 0.266 e. The molecule has 3 aromatic rings. The van der Waals surface area contributed by atoms with Crippen LogP contribution in [0.5, 0.6) is 5.75 Å². The molecule has 3 aromatic carbocycles. The molecule has 0 saturated carbocycles. The van der Waals surface area contributed by atoms with Crippen molar-refractivity contribution in [2.45, 2.75) is 6.92 Å². The molecule has 0 bridgehead atoms. The van der Waals surface area contributed by atoms with E-state index in [1.165, 1.54) is 24.3 Å². The first-order valence-electron chi connectivity index (χ1n) is 9.72. The number of benzene rings is 3. The van der Waals surface area contributed by atoms with E-state index in [0.29, 0.717) is 17.0 Å². The standard InChI is InChI=1S/C25H20FN3O3/c1-17-10-12-20(13-11-17)28-25(31)19(15-27)14-18-6-2-5-9-23(18)32-16-24(30)29-22-8-4-3-7-21(22)26/h2-14H,16H2,1H3,(H,28,31)(H,29,30)/b19-14-. The van der Waals surface area contributed by atoms with Crippen molar-refractivity contribution in [1.29, 1.82) is 5.26 Å². The van der Waals surface area contributed by atoms with Crippen molar-refractivity contribution in [3.8, 4) is 11.8 Å². The van der Waals surface area contributed by atoms with Gasteiger partial charge in [-0.15, -0.1) is 0 Å². The lowest BCUT2D eigenvalue weighted by Gasteiger charge is -2.11. The van der Waals surface area contributed by atoms with Crippen molar-refractivity contribution in [2.75, 3.05) is 17.2 Å². The molecule has 0 saturated heterocycles. The van der Waals surface area contributed by atoms with Crippen LogP contribution in [-0.2, 0) is 9.59 Å². The molecule has 3 rings (SSSR count). The number of nitriles is 1. The number of ether oxygens (including phenoxy) is 1. The van der Waals surface area contributed by atoms with Crippen LogP contribution in [0.1, 0.15) is 11.1 Å².